The third-order valence-corrected chi connectivity index (χ3v) is 8.04. The number of piperidine rings is 1. The molecule has 6 aliphatic heterocycles. The predicted octanol–water partition coefficient (Wildman–Crippen LogP) is -0.835. The van der Waals surface area contributed by atoms with Crippen LogP contribution in [0.5, 0.6) is 0 Å². The van der Waals surface area contributed by atoms with Gasteiger partial charge in [0.05, 0.1) is 32.4 Å². The minimum atomic E-state index is -0.165. The molecule has 1 N–H and O–H groups in total. The van der Waals surface area contributed by atoms with Gasteiger partial charge in [0.1, 0.15) is 12.5 Å². The zero-order valence-corrected chi connectivity index (χ0v) is 15.9. The van der Waals surface area contributed by atoms with Crippen LogP contribution in [0, 0.1) is 5.92 Å². The topological polar surface area (TPSA) is 80.3 Å². The molecule has 7 rings (SSSR count). The summed E-state index contributed by atoms with van der Waals surface area (Å²) in [6.45, 7) is 3.63. The van der Waals surface area contributed by atoms with E-state index >= 15 is 0 Å². The van der Waals surface area contributed by atoms with Crippen molar-refractivity contribution in [3.05, 3.63) is 22.5 Å². The quantitative estimate of drug-likeness (QED) is 0.586. The Labute approximate surface area is 162 Å². The minimum absolute atomic E-state index is 0.00471. The van der Waals surface area contributed by atoms with Gasteiger partial charge in [-0.15, -0.1) is 0 Å². The van der Waals surface area contributed by atoms with Gasteiger partial charge >= 0.3 is 0 Å². The average Bonchev–Trinajstić information content (AvgIpc) is 3.40. The van der Waals surface area contributed by atoms with Crippen molar-refractivity contribution in [3.8, 4) is 0 Å². The van der Waals surface area contributed by atoms with Crippen molar-refractivity contribution in [1.29, 1.82) is 0 Å². The lowest BCUT2D eigenvalue weighted by atomic mass is 9.70. The lowest BCUT2D eigenvalue weighted by Crippen LogP contribution is -2.76. The number of allylic oxidation sites excluding steroid dienone is 2. The van der Waals surface area contributed by atoms with Crippen molar-refractivity contribution < 1.29 is 23.8 Å². The third kappa shape index (κ3) is 1.60. The molecule has 5 saturated heterocycles. The Morgan fingerprint density at radius 3 is 2.82 bits per heavy atom. The smallest absolute Gasteiger partial charge is 0.226 e. The molecule has 8 atom stereocenters. The first-order valence-corrected chi connectivity index (χ1v) is 10.2. The van der Waals surface area contributed by atoms with Crippen molar-refractivity contribution in [3.63, 3.8) is 0 Å². The van der Waals surface area contributed by atoms with Crippen molar-refractivity contribution in [2.45, 2.75) is 56.0 Å². The Kier molecular flexibility index (Phi) is 2.97. The Morgan fingerprint density at radius 2 is 2.00 bits per heavy atom. The molecule has 2 bridgehead atoms. The monoisotopic (exact) mass is 385 g/mol. The SMILES string of the molecule is COC1=C(C)C(=O)C2=C(C1=O)[C@@H]1CO[C@@H]3[C@H]4C[C@@H]5[C@@H](N4)[C@H]([C@@H]2N2CCO[C@H]52)N31. The lowest BCUT2D eigenvalue weighted by Gasteiger charge is -2.58. The Bertz CT molecular complexity index is 896. The first kappa shape index (κ1) is 16.2. The normalized spacial score (nSPS) is 49.1. The van der Waals surface area contributed by atoms with Gasteiger partial charge in [0.25, 0.3) is 0 Å². The maximum atomic E-state index is 13.5. The van der Waals surface area contributed by atoms with E-state index in [-0.39, 0.29) is 60.0 Å². The highest BCUT2D eigenvalue weighted by Gasteiger charge is 2.69. The zero-order valence-electron chi connectivity index (χ0n) is 15.9. The molecule has 8 nitrogen and oxygen atoms in total. The van der Waals surface area contributed by atoms with Crippen molar-refractivity contribution in [2.24, 2.45) is 5.92 Å². The third-order valence-electron chi connectivity index (χ3n) is 8.04. The first-order valence-electron chi connectivity index (χ1n) is 10.2. The molecule has 148 valence electrons. The molecule has 0 aromatic rings. The van der Waals surface area contributed by atoms with Crippen LogP contribution in [0.4, 0.5) is 0 Å². The van der Waals surface area contributed by atoms with Crippen molar-refractivity contribution >= 4 is 11.6 Å². The molecule has 8 heteroatoms. The summed E-state index contributed by atoms with van der Waals surface area (Å²) in [5.74, 6) is 0.383. The van der Waals surface area contributed by atoms with Crippen LogP contribution in [0.25, 0.3) is 0 Å². The standard InChI is InChI=1S/C20H23N3O5/c1-7-16(24)12-11(17(25)18(7)26-2)10-6-28-20-9-5-8-13(21-9)15(23(10)20)14(12)22-3-4-27-19(8)22/h8-10,13-15,19-21H,3-6H2,1-2H3/t8-,9-,10+,13-,14-,15-,19-,20-/m1/s1. The molecule has 7 aliphatic rings. The maximum Gasteiger partial charge on any atom is 0.226 e. The van der Waals surface area contributed by atoms with Crippen LogP contribution in [0.1, 0.15) is 13.3 Å². The fraction of sp³-hybridized carbons (Fsp3) is 0.700. The van der Waals surface area contributed by atoms with E-state index in [1.165, 1.54) is 7.11 Å². The van der Waals surface area contributed by atoms with Crippen LogP contribution in [0.2, 0.25) is 0 Å². The second-order valence-corrected chi connectivity index (χ2v) is 8.96. The Balaban J connectivity index is 1.48. The molecule has 5 fully saturated rings. The van der Waals surface area contributed by atoms with Gasteiger partial charge in [-0.1, -0.05) is 0 Å². The summed E-state index contributed by atoms with van der Waals surface area (Å²) < 4.78 is 17.7. The van der Waals surface area contributed by atoms with Gasteiger partial charge in [0.15, 0.2) is 11.5 Å². The van der Waals surface area contributed by atoms with E-state index in [4.69, 9.17) is 14.2 Å². The number of carbonyl (C=O) groups excluding carboxylic acids is 2. The Morgan fingerprint density at radius 1 is 1.14 bits per heavy atom. The van der Waals surface area contributed by atoms with E-state index in [0.29, 0.717) is 35.9 Å². The molecule has 0 aromatic heterocycles. The van der Waals surface area contributed by atoms with Gasteiger partial charge in [-0.3, -0.25) is 19.4 Å². The van der Waals surface area contributed by atoms with E-state index in [1.54, 1.807) is 6.92 Å². The van der Waals surface area contributed by atoms with Crippen LogP contribution in [-0.4, -0.2) is 90.9 Å². The van der Waals surface area contributed by atoms with E-state index in [9.17, 15) is 9.59 Å². The molecule has 0 aromatic carbocycles. The summed E-state index contributed by atoms with van der Waals surface area (Å²) in [5.41, 5.74) is 1.68. The first-order chi connectivity index (χ1) is 13.6. The molecule has 0 unspecified atom stereocenters. The van der Waals surface area contributed by atoms with Crippen LogP contribution in [0.15, 0.2) is 22.5 Å². The highest BCUT2D eigenvalue weighted by atomic mass is 16.5. The number of fused-ring (bicyclic) bond motifs is 7. The van der Waals surface area contributed by atoms with E-state index in [2.05, 4.69) is 15.1 Å². The van der Waals surface area contributed by atoms with Gasteiger partial charge in [-0.25, -0.2) is 0 Å². The van der Waals surface area contributed by atoms with Gasteiger partial charge in [0, 0.05) is 47.3 Å². The Hall–Kier alpha value is -1.58. The number of methoxy groups -OCH3 is 1. The fourth-order valence-corrected chi connectivity index (χ4v) is 7.16. The number of piperazine rings is 1. The lowest BCUT2D eigenvalue weighted by molar-refractivity contribution is -0.133. The second kappa shape index (κ2) is 5.12. The minimum Gasteiger partial charge on any atom is -0.492 e. The molecule has 0 radical (unpaired) electrons. The van der Waals surface area contributed by atoms with E-state index < -0.39 is 0 Å². The number of carbonyl (C=O) groups is 2. The number of ketones is 2. The fourth-order valence-electron chi connectivity index (χ4n) is 7.16. The summed E-state index contributed by atoms with van der Waals surface area (Å²) in [4.78, 5) is 31.7. The molecule has 0 saturated carbocycles. The number of ether oxygens (including phenoxy) is 3. The summed E-state index contributed by atoms with van der Waals surface area (Å²) >= 11 is 0. The molecule has 6 heterocycles. The highest BCUT2D eigenvalue weighted by Crippen LogP contribution is 2.54. The van der Waals surface area contributed by atoms with Gasteiger partial charge in [0.2, 0.25) is 5.78 Å². The van der Waals surface area contributed by atoms with Crippen LogP contribution >= 0.6 is 0 Å². The number of hydrogen-bond acceptors (Lipinski definition) is 8. The summed E-state index contributed by atoms with van der Waals surface area (Å²) in [7, 11) is 1.47. The van der Waals surface area contributed by atoms with Crippen LogP contribution < -0.4 is 5.32 Å². The van der Waals surface area contributed by atoms with E-state index in [0.717, 1.165) is 13.0 Å². The molecule has 0 spiro atoms. The molecular formula is C20H23N3O5. The van der Waals surface area contributed by atoms with Gasteiger partial charge < -0.3 is 19.5 Å². The molecule has 0 amide bonds. The number of hydrogen-bond donors (Lipinski definition) is 1. The summed E-state index contributed by atoms with van der Waals surface area (Å²) in [6, 6.07) is 0.339. The van der Waals surface area contributed by atoms with Crippen molar-refractivity contribution in [1.82, 2.24) is 15.1 Å². The number of nitrogens with zero attached hydrogens (tertiary/aromatic N) is 2. The molecule has 1 aliphatic carbocycles. The maximum absolute atomic E-state index is 13.5. The number of Topliss-reactive ketones (excluding diaryl/α,β-unsaturated/α-hetero) is 2. The zero-order chi connectivity index (χ0) is 18.9. The second-order valence-electron chi connectivity index (χ2n) is 8.96. The highest BCUT2D eigenvalue weighted by molar-refractivity contribution is 6.25. The predicted molar refractivity (Wildman–Crippen MR) is 95.0 cm³/mol. The van der Waals surface area contributed by atoms with Crippen LogP contribution in [-0.2, 0) is 23.8 Å². The number of rotatable bonds is 1. The molecule has 28 heavy (non-hydrogen) atoms. The van der Waals surface area contributed by atoms with Crippen LogP contribution in [0.3, 0.4) is 0 Å². The average molecular weight is 385 g/mol. The largest absolute Gasteiger partial charge is 0.492 e. The summed E-state index contributed by atoms with van der Waals surface area (Å²) in [5, 5.41) is 3.79. The molecular weight excluding hydrogens is 362 g/mol. The summed E-state index contributed by atoms with van der Waals surface area (Å²) in [6.07, 6.45) is 0.967. The number of nitrogens with one attached hydrogen (secondary N) is 1. The van der Waals surface area contributed by atoms with Crippen molar-refractivity contribution in [2.75, 3.05) is 26.9 Å². The van der Waals surface area contributed by atoms with E-state index in [1.807, 2.05) is 0 Å². The van der Waals surface area contributed by atoms with Gasteiger partial charge in [-0.05, 0) is 13.3 Å². The van der Waals surface area contributed by atoms with Gasteiger partial charge in [-0.2, -0.15) is 0 Å².